The maximum Gasteiger partial charge on any atom is 0.191 e. The number of para-hydroxylation sites is 1. The minimum Gasteiger partial charge on any atom is -0.496 e. The molecule has 0 aliphatic rings. The Hall–Kier alpha value is -2.73. The topological polar surface area (TPSA) is 64.1 Å². The molecule has 2 N–H and O–H groups in total. The molecule has 2 aromatic rings. The van der Waals surface area contributed by atoms with E-state index in [1.165, 1.54) is 0 Å². The summed E-state index contributed by atoms with van der Waals surface area (Å²) in [4.78, 5) is 4.65. The van der Waals surface area contributed by atoms with E-state index in [0.29, 0.717) is 26.3 Å². The van der Waals surface area contributed by atoms with Gasteiger partial charge in [0, 0.05) is 25.8 Å². The van der Waals surface area contributed by atoms with Gasteiger partial charge in [0.25, 0.3) is 0 Å². The summed E-state index contributed by atoms with van der Waals surface area (Å²) >= 11 is 0. The van der Waals surface area contributed by atoms with Crippen LogP contribution in [0.1, 0.15) is 18.1 Å². The van der Waals surface area contributed by atoms with Crippen molar-refractivity contribution in [1.29, 1.82) is 0 Å². The number of rotatable bonds is 10. The predicted molar refractivity (Wildman–Crippen MR) is 108 cm³/mol. The second-order valence-electron chi connectivity index (χ2n) is 5.85. The largest absolute Gasteiger partial charge is 0.496 e. The van der Waals surface area contributed by atoms with Crippen LogP contribution in [0.3, 0.4) is 0 Å². The van der Waals surface area contributed by atoms with Crippen LogP contribution in [0.25, 0.3) is 0 Å². The number of guanidine groups is 1. The summed E-state index contributed by atoms with van der Waals surface area (Å²) < 4.78 is 16.0. The molecule has 27 heavy (non-hydrogen) atoms. The molecule has 0 fully saturated rings. The van der Waals surface area contributed by atoms with E-state index in [4.69, 9.17) is 14.2 Å². The van der Waals surface area contributed by atoms with Gasteiger partial charge in [-0.25, -0.2) is 4.99 Å². The highest BCUT2D eigenvalue weighted by Crippen LogP contribution is 2.16. The van der Waals surface area contributed by atoms with Gasteiger partial charge in [-0.15, -0.1) is 0 Å². The number of hydrogen-bond acceptors (Lipinski definition) is 4. The van der Waals surface area contributed by atoms with Crippen molar-refractivity contribution in [2.45, 2.75) is 20.0 Å². The lowest BCUT2D eigenvalue weighted by atomic mass is 10.2. The molecule has 0 unspecified atom stereocenters. The van der Waals surface area contributed by atoms with E-state index in [2.05, 4.69) is 15.6 Å². The van der Waals surface area contributed by atoms with Crippen LogP contribution in [0.15, 0.2) is 53.5 Å². The van der Waals surface area contributed by atoms with Crippen molar-refractivity contribution in [1.82, 2.24) is 10.6 Å². The second kappa shape index (κ2) is 11.8. The molecular weight excluding hydrogens is 342 g/mol. The van der Waals surface area contributed by atoms with Gasteiger partial charge in [0.2, 0.25) is 0 Å². The van der Waals surface area contributed by atoms with Crippen LogP contribution >= 0.6 is 0 Å². The minimum atomic E-state index is 0.547. The van der Waals surface area contributed by atoms with Gasteiger partial charge in [0.1, 0.15) is 18.1 Å². The normalized spacial score (nSPS) is 11.1. The first-order valence-electron chi connectivity index (χ1n) is 9.11. The summed E-state index contributed by atoms with van der Waals surface area (Å²) in [6.07, 6.45) is 0. The number of hydrogen-bond donors (Lipinski definition) is 2. The Morgan fingerprint density at radius 3 is 2.44 bits per heavy atom. The quantitative estimate of drug-likeness (QED) is 0.382. The number of benzene rings is 2. The van der Waals surface area contributed by atoms with E-state index >= 15 is 0 Å². The molecule has 0 aliphatic heterocycles. The number of nitrogens with one attached hydrogen (secondary N) is 2. The maximum atomic E-state index is 5.58. The van der Waals surface area contributed by atoms with Gasteiger partial charge in [-0.2, -0.15) is 0 Å². The molecule has 0 saturated heterocycles. The number of ether oxygens (including phenoxy) is 3. The molecule has 0 amide bonds. The maximum absolute atomic E-state index is 5.58. The lowest BCUT2D eigenvalue weighted by Gasteiger charge is -2.13. The van der Waals surface area contributed by atoms with E-state index < -0.39 is 0 Å². The molecule has 0 bridgehead atoms. The fraction of sp³-hybridized carbons (Fsp3) is 0.381. The molecular formula is C21H29N3O3. The SMILES string of the molecule is CCNC(=NCc1ccc(OCCOC)cc1)NCc1ccccc1OC. The van der Waals surface area contributed by atoms with Gasteiger partial charge in [-0.3, -0.25) is 0 Å². The van der Waals surface area contributed by atoms with Gasteiger partial charge in [-0.05, 0) is 30.7 Å². The third-order valence-electron chi connectivity index (χ3n) is 3.88. The summed E-state index contributed by atoms with van der Waals surface area (Å²) in [5.41, 5.74) is 2.20. The molecule has 0 aromatic heterocycles. The molecule has 0 spiro atoms. The zero-order valence-corrected chi connectivity index (χ0v) is 16.3. The lowest BCUT2D eigenvalue weighted by molar-refractivity contribution is 0.146. The summed E-state index contributed by atoms with van der Waals surface area (Å²) in [5, 5.41) is 6.61. The fourth-order valence-electron chi connectivity index (χ4n) is 2.47. The molecule has 6 nitrogen and oxygen atoms in total. The Bertz CT molecular complexity index is 702. The summed E-state index contributed by atoms with van der Waals surface area (Å²) in [6.45, 7) is 5.19. The van der Waals surface area contributed by atoms with E-state index in [9.17, 15) is 0 Å². The van der Waals surface area contributed by atoms with Crippen LogP contribution in [-0.4, -0.2) is 39.9 Å². The first-order chi connectivity index (χ1) is 13.3. The molecule has 0 aliphatic carbocycles. The average molecular weight is 371 g/mol. The van der Waals surface area contributed by atoms with Gasteiger partial charge < -0.3 is 24.8 Å². The Morgan fingerprint density at radius 2 is 1.74 bits per heavy atom. The number of nitrogens with zero attached hydrogens (tertiary/aromatic N) is 1. The summed E-state index contributed by atoms with van der Waals surface area (Å²) in [5.74, 6) is 2.47. The van der Waals surface area contributed by atoms with E-state index in [1.54, 1.807) is 14.2 Å². The van der Waals surface area contributed by atoms with Gasteiger partial charge in [-0.1, -0.05) is 30.3 Å². The Kier molecular flexibility index (Phi) is 9.00. The molecule has 0 saturated carbocycles. The molecule has 2 rings (SSSR count). The summed E-state index contributed by atoms with van der Waals surface area (Å²) in [6, 6.07) is 15.9. The third kappa shape index (κ3) is 7.19. The highest BCUT2D eigenvalue weighted by Gasteiger charge is 2.03. The highest BCUT2D eigenvalue weighted by molar-refractivity contribution is 5.79. The second-order valence-corrected chi connectivity index (χ2v) is 5.85. The van der Waals surface area contributed by atoms with Crippen molar-refractivity contribution in [3.8, 4) is 11.5 Å². The number of aliphatic imine (C=N–C) groups is 1. The molecule has 6 heteroatoms. The smallest absolute Gasteiger partial charge is 0.191 e. The van der Waals surface area contributed by atoms with E-state index in [-0.39, 0.29) is 0 Å². The van der Waals surface area contributed by atoms with E-state index in [1.807, 2.05) is 55.5 Å². The minimum absolute atomic E-state index is 0.547. The third-order valence-corrected chi connectivity index (χ3v) is 3.88. The van der Waals surface area contributed by atoms with Gasteiger partial charge in [0.05, 0.1) is 20.3 Å². The fourth-order valence-corrected chi connectivity index (χ4v) is 2.47. The first-order valence-corrected chi connectivity index (χ1v) is 9.11. The zero-order chi connectivity index (χ0) is 19.3. The molecule has 0 atom stereocenters. The van der Waals surface area contributed by atoms with Crippen LogP contribution in [-0.2, 0) is 17.8 Å². The average Bonchev–Trinajstić information content (AvgIpc) is 2.71. The van der Waals surface area contributed by atoms with E-state index in [0.717, 1.165) is 35.1 Å². The Morgan fingerprint density at radius 1 is 0.963 bits per heavy atom. The molecule has 146 valence electrons. The molecule has 0 heterocycles. The van der Waals surface area contributed by atoms with Gasteiger partial charge in [0.15, 0.2) is 5.96 Å². The van der Waals surface area contributed by atoms with Crippen molar-refractivity contribution in [3.05, 3.63) is 59.7 Å². The van der Waals surface area contributed by atoms with Crippen LogP contribution in [0, 0.1) is 0 Å². The van der Waals surface area contributed by atoms with Crippen molar-refractivity contribution >= 4 is 5.96 Å². The summed E-state index contributed by atoms with van der Waals surface area (Å²) in [7, 11) is 3.34. The monoisotopic (exact) mass is 371 g/mol. The van der Waals surface area contributed by atoms with Gasteiger partial charge >= 0.3 is 0 Å². The Labute approximate surface area is 161 Å². The van der Waals surface area contributed by atoms with Crippen LogP contribution < -0.4 is 20.1 Å². The molecule has 0 radical (unpaired) electrons. The lowest BCUT2D eigenvalue weighted by Crippen LogP contribution is -2.36. The standard InChI is InChI=1S/C21H29N3O3/c1-4-22-21(24-16-18-7-5-6-8-20(18)26-3)23-15-17-9-11-19(12-10-17)27-14-13-25-2/h5-12H,4,13-16H2,1-3H3,(H2,22,23,24). The van der Waals surface area contributed by atoms with Crippen molar-refractivity contribution < 1.29 is 14.2 Å². The van der Waals surface area contributed by atoms with Crippen LogP contribution in [0.2, 0.25) is 0 Å². The van der Waals surface area contributed by atoms with Crippen LogP contribution in [0.4, 0.5) is 0 Å². The van der Waals surface area contributed by atoms with Crippen LogP contribution in [0.5, 0.6) is 11.5 Å². The predicted octanol–water partition coefficient (Wildman–Crippen LogP) is 2.98. The highest BCUT2D eigenvalue weighted by atomic mass is 16.5. The van der Waals surface area contributed by atoms with Crippen molar-refractivity contribution in [2.24, 2.45) is 4.99 Å². The van der Waals surface area contributed by atoms with Crippen molar-refractivity contribution in [2.75, 3.05) is 34.0 Å². The zero-order valence-electron chi connectivity index (χ0n) is 16.3. The Balaban J connectivity index is 1.92. The first kappa shape index (κ1) is 20.6. The number of methoxy groups -OCH3 is 2. The molecule has 2 aromatic carbocycles. The van der Waals surface area contributed by atoms with Crippen molar-refractivity contribution in [3.63, 3.8) is 0 Å².